The molecule has 1 aliphatic heterocycles. The van der Waals surface area contributed by atoms with Gasteiger partial charge in [-0.05, 0) is 25.5 Å². The third-order valence-electron chi connectivity index (χ3n) is 4.09. The van der Waals surface area contributed by atoms with Gasteiger partial charge in [0.2, 0.25) is 11.8 Å². The molecule has 5 heteroatoms. The first-order valence-corrected chi connectivity index (χ1v) is 7.89. The molecule has 0 spiro atoms. The fraction of sp³-hybridized carbons (Fsp3) is 0.529. The number of likely N-dealkylation sites (tertiary alicyclic amines) is 1. The summed E-state index contributed by atoms with van der Waals surface area (Å²) in [7, 11) is 3.66. The first-order valence-electron chi connectivity index (χ1n) is 7.89. The lowest BCUT2D eigenvalue weighted by atomic mass is 10.00. The van der Waals surface area contributed by atoms with Crippen molar-refractivity contribution in [3.63, 3.8) is 0 Å². The van der Waals surface area contributed by atoms with Gasteiger partial charge in [-0.25, -0.2) is 0 Å². The van der Waals surface area contributed by atoms with E-state index in [4.69, 9.17) is 0 Å². The predicted molar refractivity (Wildman–Crippen MR) is 86.3 cm³/mol. The summed E-state index contributed by atoms with van der Waals surface area (Å²) >= 11 is 0. The number of nitrogens with zero attached hydrogens (tertiary/aromatic N) is 2. The summed E-state index contributed by atoms with van der Waals surface area (Å²) in [5, 5.41) is 3.05. The average Bonchev–Trinajstić information content (AvgIpc) is 2.55. The highest BCUT2D eigenvalue weighted by Crippen LogP contribution is 2.27. The van der Waals surface area contributed by atoms with Gasteiger partial charge in [0.25, 0.3) is 0 Å². The minimum Gasteiger partial charge on any atom is -0.342 e. The minimum absolute atomic E-state index is 0.0169. The van der Waals surface area contributed by atoms with E-state index in [2.05, 4.69) is 5.32 Å². The lowest BCUT2D eigenvalue weighted by Crippen LogP contribution is -2.47. The number of rotatable bonds is 6. The van der Waals surface area contributed by atoms with Crippen LogP contribution >= 0.6 is 0 Å². The lowest BCUT2D eigenvalue weighted by molar-refractivity contribution is -0.147. The number of hydrogen-bond acceptors (Lipinski definition) is 3. The van der Waals surface area contributed by atoms with Crippen molar-refractivity contribution in [1.82, 2.24) is 15.1 Å². The number of likely N-dealkylation sites (N-methyl/N-ethyl adjacent to an activating group) is 2. The maximum atomic E-state index is 12.9. The van der Waals surface area contributed by atoms with E-state index in [0.717, 1.165) is 24.9 Å². The van der Waals surface area contributed by atoms with Gasteiger partial charge >= 0.3 is 0 Å². The van der Waals surface area contributed by atoms with Crippen LogP contribution in [0.25, 0.3) is 0 Å². The molecule has 1 heterocycles. The first kappa shape index (κ1) is 16.5. The smallest absolute Gasteiger partial charge is 0.249 e. The van der Waals surface area contributed by atoms with E-state index in [0.29, 0.717) is 19.5 Å². The Morgan fingerprint density at radius 1 is 1.32 bits per heavy atom. The molecule has 2 rings (SSSR count). The Morgan fingerprint density at radius 2 is 2.05 bits per heavy atom. The molecule has 0 saturated carbocycles. The molecule has 1 atom stereocenters. The lowest BCUT2D eigenvalue weighted by Gasteiger charge is -2.36. The van der Waals surface area contributed by atoms with Gasteiger partial charge in [-0.3, -0.25) is 9.59 Å². The van der Waals surface area contributed by atoms with E-state index in [1.807, 2.05) is 37.4 Å². The molecule has 120 valence electrons. The van der Waals surface area contributed by atoms with Crippen LogP contribution in [-0.4, -0.2) is 55.3 Å². The molecule has 1 aromatic carbocycles. The zero-order chi connectivity index (χ0) is 15.9. The van der Waals surface area contributed by atoms with Crippen molar-refractivity contribution < 1.29 is 9.59 Å². The number of carbonyl (C=O) groups is 2. The largest absolute Gasteiger partial charge is 0.342 e. The van der Waals surface area contributed by atoms with Gasteiger partial charge < -0.3 is 15.1 Å². The second-order valence-corrected chi connectivity index (χ2v) is 5.72. The summed E-state index contributed by atoms with van der Waals surface area (Å²) in [4.78, 5) is 28.6. The molecule has 1 unspecified atom stereocenters. The molecule has 0 aromatic heterocycles. The summed E-state index contributed by atoms with van der Waals surface area (Å²) in [5.41, 5.74) is 0.888. The molecule has 1 N–H and O–H groups in total. The van der Waals surface area contributed by atoms with Gasteiger partial charge in [-0.2, -0.15) is 0 Å². The number of amides is 2. The average molecular weight is 303 g/mol. The molecule has 5 nitrogen and oxygen atoms in total. The number of nitrogens with one attached hydrogen (secondary N) is 1. The zero-order valence-corrected chi connectivity index (χ0v) is 13.4. The molecule has 0 radical (unpaired) electrons. The highest BCUT2D eigenvalue weighted by atomic mass is 16.2. The standard InChI is InChI=1S/C17H25N3O2/c1-18-11-13-19(2)17(22)16(14-8-4-3-5-9-14)20-12-7-6-10-15(20)21/h3-5,8-9,16,18H,6-7,10-13H2,1-2H3. The Balaban J connectivity index is 2.25. The highest BCUT2D eigenvalue weighted by Gasteiger charge is 2.34. The van der Waals surface area contributed by atoms with Crippen molar-refractivity contribution >= 4 is 11.8 Å². The number of carbonyl (C=O) groups excluding carboxylic acids is 2. The van der Waals surface area contributed by atoms with Crippen molar-refractivity contribution in [2.75, 3.05) is 33.7 Å². The van der Waals surface area contributed by atoms with Crippen LogP contribution in [0.2, 0.25) is 0 Å². The van der Waals surface area contributed by atoms with Crippen LogP contribution < -0.4 is 5.32 Å². The monoisotopic (exact) mass is 303 g/mol. The third-order valence-corrected chi connectivity index (χ3v) is 4.09. The van der Waals surface area contributed by atoms with Crippen LogP contribution in [-0.2, 0) is 9.59 Å². The van der Waals surface area contributed by atoms with Gasteiger partial charge in [0.05, 0.1) is 0 Å². The topological polar surface area (TPSA) is 52.7 Å². The predicted octanol–water partition coefficient (Wildman–Crippen LogP) is 1.42. The summed E-state index contributed by atoms with van der Waals surface area (Å²) in [6.07, 6.45) is 2.42. The molecular weight excluding hydrogens is 278 g/mol. The Labute approximate surface area is 132 Å². The normalized spacial score (nSPS) is 16.5. The third kappa shape index (κ3) is 3.85. The second kappa shape index (κ2) is 7.94. The molecule has 1 fully saturated rings. The van der Waals surface area contributed by atoms with Crippen LogP contribution in [0.1, 0.15) is 30.9 Å². The van der Waals surface area contributed by atoms with Crippen molar-refractivity contribution in [2.45, 2.75) is 25.3 Å². The van der Waals surface area contributed by atoms with Crippen molar-refractivity contribution in [3.8, 4) is 0 Å². The van der Waals surface area contributed by atoms with Gasteiger partial charge in [0.15, 0.2) is 0 Å². The van der Waals surface area contributed by atoms with Crippen molar-refractivity contribution in [1.29, 1.82) is 0 Å². The van der Waals surface area contributed by atoms with Gasteiger partial charge in [0.1, 0.15) is 6.04 Å². The van der Waals surface area contributed by atoms with E-state index >= 15 is 0 Å². The molecule has 0 bridgehead atoms. The van der Waals surface area contributed by atoms with E-state index in [1.165, 1.54) is 0 Å². The fourth-order valence-electron chi connectivity index (χ4n) is 2.79. The quantitative estimate of drug-likeness (QED) is 0.865. The maximum absolute atomic E-state index is 12.9. The Bertz CT molecular complexity index is 504. The molecule has 2 amide bonds. The minimum atomic E-state index is -0.504. The molecular formula is C17H25N3O2. The Morgan fingerprint density at radius 3 is 2.68 bits per heavy atom. The van der Waals surface area contributed by atoms with Gasteiger partial charge in [0, 0.05) is 33.1 Å². The Hall–Kier alpha value is -1.88. The van der Waals surface area contributed by atoms with Crippen LogP contribution in [0, 0.1) is 0 Å². The summed E-state index contributed by atoms with van der Waals surface area (Å²) < 4.78 is 0. The molecule has 1 saturated heterocycles. The van der Waals surface area contributed by atoms with Crippen LogP contribution in [0.5, 0.6) is 0 Å². The number of piperidine rings is 1. The van der Waals surface area contributed by atoms with Crippen molar-refractivity contribution in [3.05, 3.63) is 35.9 Å². The number of benzene rings is 1. The van der Waals surface area contributed by atoms with E-state index in [-0.39, 0.29) is 11.8 Å². The summed E-state index contributed by atoms with van der Waals surface area (Å²) in [6, 6.07) is 9.10. The van der Waals surface area contributed by atoms with Gasteiger partial charge in [-0.1, -0.05) is 30.3 Å². The summed E-state index contributed by atoms with van der Waals surface area (Å²) in [6.45, 7) is 2.02. The molecule has 1 aliphatic rings. The van der Waals surface area contributed by atoms with E-state index in [9.17, 15) is 9.59 Å². The zero-order valence-electron chi connectivity index (χ0n) is 13.4. The number of hydrogen-bond donors (Lipinski definition) is 1. The van der Waals surface area contributed by atoms with Gasteiger partial charge in [-0.15, -0.1) is 0 Å². The van der Waals surface area contributed by atoms with Crippen LogP contribution in [0.4, 0.5) is 0 Å². The fourth-order valence-corrected chi connectivity index (χ4v) is 2.79. The molecule has 1 aromatic rings. The van der Waals surface area contributed by atoms with Crippen LogP contribution in [0.15, 0.2) is 30.3 Å². The highest BCUT2D eigenvalue weighted by molar-refractivity contribution is 5.89. The van der Waals surface area contributed by atoms with E-state index < -0.39 is 6.04 Å². The van der Waals surface area contributed by atoms with Crippen molar-refractivity contribution in [2.24, 2.45) is 0 Å². The van der Waals surface area contributed by atoms with Crippen LogP contribution in [0.3, 0.4) is 0 Å². The molecule has 22 heavy (non-hydrogen) atoms. The SMILES string of the molecule is CNCCN(C)C(=O)C(c1ccccc1)N1CCCCC1=O. The van der Waals surface area contributed by atoms with E-state index in [1.54, 1.807) is 16.8 Å². The summed E-state index contributed by atoms with van der Waals surface area (Å²) in [5.74, 6) is 0.0622. The Kier molecular flexibility index (Phi) is 5.95. The second-order valence-electron chi connectivity index (χ2n) is 5.72. The maximum Gasteiger partial charge on any atom is 0.249 e. The first-order chi connectivity index (χ1) is 10.6. The molecule has 0 aliphatic carbocycles.